The molecular formula is C18H20N4OS. The molecule has 1 aromatic heterocycles. The van der Waals surface area contributed by atoms with Gasteiger partial charge in [-0.25, -0.2) is 0 Å². The highest BCUT2D eigenvalue weighted by molar-refractivity contribution is 8.13. The number of aromatic nitrogens is 1. The van der Waals surface area contributed by atoms with Gasteiger partial charge in [-0.3, -0.25) is 14.8 Å². The average molecular weight is 340 g/mol. The molecule has 124 valence electrons. The van der Waals surface area contributed by atoms with Crippen molar-refractivity contribution >= 4 is 22.8 Å². The molecule has 0 radical (unpaired) electrons. The Bertz CT molecular complexity index is 788. The molecule has 0 aliphatic carbocycles. The van der Waals surface area contributed by atoms with Crippen LogP contribution in [0.4, 0.5) is 0 Å². The van der Waals surface area contributed by atoms with Crippen LogP contribution >= 0.6 is 11.8 Å². The van der Waals surface area contributed by atoms with Crippen LogP contribution in [-0.4, -0.2) is 28.9 Å². The summed E-state index contributed by atoms with van der Waals surface area (Å²) in [5.74, 6) is 0.783. The molecule has 2 heterocycles. The predicted octanol–water partition coefficient (Wildman–Crippen LogP) is 2.78. The third kappa shape index (κ3) is 3.28. The van der Waals surface area contributed by atoms with Gasteiger partial charge in [-0.1, -0.05) is 36.0 Å². The fourth-order valence-corrected chi connectivity index (χ4v) is 3.73. The molecule has 1 atom stereocenters. The lowest BCUT2D eigenvalue weighted by Crippen LogP contribution is -2.28. The van der Waals surface area contributed by atoms with Crippen molar-refractivity contribution in [3.63, 3.8) is 0 Å². The van der Waals surface area contributed by atoms with Crippen molar-refractivity contribution in [3.8, 4) is 11.1 Å². The highest BCUT2D eigenvalue weighted by atomic mass is 32.2. The summed E-state index contributed by atoms with van der Waals surface area (Å²) < 4.78 is 0. The molecule has 2 aromatic rings. The van der Waals surface area contributed by atoms with E-state index in [9.17, 15) is 4.79 Å². The first-order valence-electron chi connectivity index (χ1n) is 7.79. The van der Waals surface area contributed by atoms with Crippen molar-refractivity contribution in [2.75, 3.05) is 12.8 Å². The summed E-state index contributed by atoms with van der Waals surface area (Å²) in [7, 11) is 1.59. The van der Waals surface area contributed by atoms with Crippen molar-refractivity contribution < 1.29 is 4.79 Å². The maximum absolute atomic E-state index is 11.6. The molecule has 3 rings (SSSR count). The summed E-state index contributed by atoms with van der Waals surface area (Å²) >= 11 is 1.60. The second-order valence-corrected chi connectivity index (χ2v) is 7.03. The minimum atomic E-state index is -0.291. The fraction of sp³-hybridized carbons (Fsp3) is 0.278. The Morgan fingerprint density at radius 1 is 1.29 bits per heavy atom. The lowest BCUT2D eigenvalue weighted by Gasteiger charge is -2.30. The largest absolute Gasteiger partial charge is 0.379 e. The van der Waals surface area contributed by atoms with Gasteiger partial charge >= 0.3 is 0 Å². The number of benzene rings is 1. The first kappa shape index (κ1) is 16.5. The summed E-state index contributed by atoms with van der Waals surface area (Å²) in [5.41, 5.74) is 9.20. The zero-order valence-corrected chi connectivity index (χ0v) is 14.6. The molecule has 0 spiro atoms. The van der Waals surface area contributed by atoms with Crippen LogP contribution < -0.4 is 11.1 Å². The molecule has 0 saturated heterocycles. The zero-order chi connectivity index (χ0) is 17.2. The van der Waals surface area contributed by atoms with Gasteiger partial charge in [-0.05, 0) is 36.6 Å². The molecule has 1 amide bonds. The van der Waals surface area contributed by atoms with Gasteiger partial charge in [0.1, 0.15) is 5.69 Å². The van der Waals surface area contributed by atoms with Gasteiger partial charge in [0.15, 0.2) is 5.17 Å². The molecule has 0 saturated carbocycles. The van der Waals surface area contributed by atoms with E-state index >= 15 is 0 Å². The number of amidine groups is 1. The van der Waals surface area contributed by atoms with Crippen molar-refractivity contribution in [1.29, 1.82) is 0 Å². The summed E-state index contributed by atoms with van der Waals surface area (Å²) in [6, 6.07) is 11.9. The molecule has 6 heteroatoms. The minimum Gasteiger partial charge on any atom is -0.379 e. The normalized spacial score (nSPS) is 20.3. The van der Waals surface area contributed by atoms with Gasteiger partial charge in [-0.15, -0.1) is 0 Å². The van der Waals surface area contributed by atoms with E-state index in [4.69, 9.17) is 5.73 Å². The number of hydrogen-bond acceptors (Lipinski definition) is 5. The highest BCUT2D eigenvalue weighted by Crippen LogP contribution is 2.36. The second-order valence-electron chi connectivity index (χ2n) is 5.91. The number of nitrogens with two attached hydrogens (primary N) is 1. The second kappa shape index (κ2) is 6.65. The number of pyridine rings is 1. The van der Waals surface area contributed by atoms with E-state index < -0.39 is 0 Å². The number of carbonyl (C=O) groups is 1. The van der Waals surface area contributed by atoms with Crippen molar-refractivity contribution in [2.24, 2.45) is 10.7 Å². The van der Waals surface area contributed by atoms with Crippen LogP contribution in [-0.2, 0) is 5.54 Å². The summed E-state index contributed by atoms with van der Waals surface area (Å²) in [6.07, 6.45) is 2.68. The van der Waals surface area contributed by atoms with E-state index in [1.54, 1.807) is 31.1 Å². The van der Waals surface area contributed by atoms with Crippen LogP contribution in [0.5, 0.6) is 0 Å². The molecule has 24 heavy (non-hydrogen) atoms. The van der Waals surface area contributed by atoms with Gasteiger partial charge in [0.25, 0.3) is 5.91 Å². The van der Waals surface area contributed by atoms with Crippen molar-refractivity contribution in [2.45, 2.75) is 18.9 Å². The van der Waals surface area contributed by atoms with E-state index in [-0.39, 0.29) is 11.4 Å². The predicted molar refractivity (Wildman–Crippen MR) is 99.1 cm³/mol. The number of carbonyl (C=O) groups excluding carboxylic acids is 1. The molecule has 5 nitrogen and oxygen atoms in total. The Balaban J connectivity index is 1.93. The van der Waals surface area contributed by atoms with Gasteiger partial charge in [-0.2, -0.15) is 0 Å². The monoisotopic (exact) mass is 340 g/mol. The number of aliphatic imine (C=N–C) groups is 1. The van der Waals surface area contributed by atoms with Crippen LogP contribution in [0.15, 0.2) is 47.6 Å². The molecule has 1 aromatic carbocycles. The molecule has 1 aliphatic heterocycles. The number of rotatable bonds is 3. The number of hydrogen-bond donors (Lipinski definition) is 2. The molecular weight excluding hydrogens is 320 g/mol. The van der Waals surface area contributed by atoms with Crippen LogP contribution in [0.2, 0.25) is 0 Å². The Labute approximate surface area is 145 Å². The lowest BCUT2D eigenvalue weighted by molar-refractivity contribution is 0.0958. The van der Waals surface area contributed by atoms with Crippen molar-refractivity contribution in [3.05, 3.63) is 53.9 Å². The first-order chi connectivity index (χ1) is 11.5. The van der Waals surface area contributed by atoms with Crippen LogP contribution in [0.3, 0.4) is 0 Å². The summed E-state index contributed by atoms with van der Waals surface area (Å²) in [6.45, 7) is 2.12. The molecule has 1 aliphatic rings. The van der Waals surface area contributed by atoms with Gasteiger partial charge in [0.05, 0.1) is 5.54 Å². The van der Waals surface area contributed by atoms with Gasteiger partial charge in [0, 0.05) is 24.6 Å². The quantitative estimate of drug-likeness (QED) is 0.900. The SMILES string of the molecule is CNC(=O)c1ccc(-c2cccc([C@]3(C)CCSC(N)=N3)c2)cn1. The van der Waals surface area contributed by atoms with E-state index in [0.29, 0.717) is 10.9 Å². The number of nitrogens with zero attached hydrogens (tertiary/aromatic N) is 2. The molecule has 3 N–H and O–H groups in total. The topological polar surface area (TPSA) is 80.4 Å². The zero-order valence-electron chi connectivity index (χ0n) is 13.7. The van der Waals surface area contributed by atoms with E-state index in [1.165, 1.54) is 0 Å². The van der Waals surface area contributed by atoms with Crippen LogP contribution in [0, 0.1) is 0 Å². The maximum atomic E-state index is 11.6. The van der Waals surface area contributed by atoms with E-state index in [1.807, 2.05) is 18.2 Å². The maximum Gasteiger partial charge on any atom is 0.269 e. The van der Waals surface area contributed by atoms with E-state index in [2.05, 4.69) is 34.3 Å². The Kier molecular flexibility index (Phi) is 4.57. The van der Waals surface area contributed by atoms with Crippen LogP contribution in [0.1, 0.15) is 29.4 Å². The van der Waals surface area contributed by atoms with Crippen molar-refractivity contribution in [1.82, 2.24) is 10.3 Å². The third-order valence-electron chi connectivity index (χ3n) is 4.24. The standard InChI is InChI=1S/C18H20N4OS/c1-18(8-9-24-17(19)22-18)14-5-3-4-12(10-14)13-6-7-15(21-11-13)16(23)20-2/h3-7,10-11H,8-9H2,1-2H3,(H2,19,22)(H,20,23)/t18-/m0/s1. The smallest absolute Gasteiger partial charge is 0.269 e. The number of nitrogens with one attached hydrogen (secondary N) is 1. The summed E-state index contributed by atoms with van der Waals surface area (Å²) in [5, 5.41) is 3.22. The Morgan fingerprint density at radius 3 is 2.79 bits per heavy atom. The van der Waals surface area contributed by atoms with Gasteiger partial charge in [0.2, 0.25) is 0 Å². The van der Waals surface area contributed by atoms with Gasteiger partial charge < -0.3 is 11.1 Å². The molecule has 0 fully saturated rings. The minimum absolute atomic E-state index is 0.188. The molecule has 0 unspecified atom stereocenters. The highest BCUT2D eigenvalue weighted by Gasteiger charge is 2.29. The number of thioether (sulfide) groups is 1. The lowest BCUT2D eigenvalue weighted by atomic mass is 9.88. The third-order valence-corrected chi connectivity index (χ3v) is 5.03. The molecule has 0 bridgehead atoms. The van der Waals surface area contributed by atoms with Crippen LogP contribution in [0.25, 0.3) is 11.1 Å². The number of amides is 1. The fourth-order valence-electron chi connectivity index (χ4n) is 2.76. The summed E-state index contributed by atoms with van der Waals surface area (Å²) in [4.78, 5) is 20.5. The average Bonchev–Trinajstić information content (AvgIpc) is 2.61. The first-order valence-corrected chi connectivity index (χ1v) is 8.77. The Hall–Kier alpha value is -2.34. The Morgan fingerprint density at radius 2 is 2.12 bits per heavy atom. The van der Waals surface area contributed by atoms with E-state index in [0.717, 1.165) is 28.9 Å².